The van der Waals surface area contributed by atoms with E-state index in [1.54, 1.807) is 22.8 Å². The number of carbonyl (C=O) groups excluding carboxylic acids is 1. The van der Waals surface area contributed by atoms with Gasteiger partial charge >= 0.3 is 0 Å². The van der Waals surface area contributed by atoms with Gasteiger partial charge in [0.15, 0.2) is 10.6 Å². The Labute approximate surface area is 172 Å². The lowest BCUT2D eigenvalue weighted by Crippen LogP contribution is -2.39. The molecule has 0 bridgehead atoms. The van der Waals surface area contributed by atoms with Crippen molar-refractivity contribution in [3.63, 3.8) is 0 Å². The van der Waals surface area contributed by atoms with Crippen molar-refractivity contribution in [3.05, 3.63) is 75.0 Å². The van der Waals surface area contributed by atoms with Crippen molar-refractivity contribution in [2.75, 3.05) is 19.6 Å². The molecule has 7 heteroatoms. The highest BCUT2D eigenvalue weighted by Crippen LogP contribution is 2.22. The highest BCUT2D eigenvalue weighted by Gasteiger charge is 2.25. The number of fused-ring (bicyclic) bond motifs is 1. The van der Waals surface area contributed by atoms with Crippen LogP contribution in [0.2, 0.25) is 0 Å². The van der Waals surface area contributed by atoms with E-state index < -0.39 is 0 Å². The molecule has 1 saturated heterocycles. The zero-order chi connectivity index (χ0) is 20.4. The van der Waals surface area contributed by atoms with Gasteiger partial charge < -0.3 is 9.88 Å². The van der Waals surface area contributed by atoms with Crippen LogP contribution in [0.1, 0.15) is 23.2 Å². The number of rotatable bonds is 5. The van der Waals surface area contributed by atoms with Gasteiger partial charge in [-0.15, -0.1) is 0 Å². The smallest absolute Gasteiger partial charge is 0.262 e. The van der Waals surface area contributed by atoms with Crippen LogP contribution in [0, 0.1) is 16.5 Å². The van der Waals surface area contributed by atoms with Crippen LogP contribution in [0.15, 0.2) is 53.3 Å². The number of aromatic amines is 1. The van der Waals surface area contributed by atoms with Gasteiger partial charge in [-0.2, -0.15) is 0 Å². The fourth-order valence-electron chi connectivity index (χ4n) is 3.91. The molecule has 0 aliphatic carbocycles. The predicted octanol–water partition coefficient (Wildman–Crippen LogP) is 3.79. The van der Waals surface area contributed by atoms with Crippen LogP contribution in [0.25, 0.3) is 10.9 Å². The number of halogens is 1. The Kier molecular flexibility index (Phi) is 5.69. The van der Waals surface area contributed by atoms with Gasteiger partial charge in [0.2, 0.25) is 0 Å². The van der Waals surface area contributed by atoms with Crippen molar-refractivity contribution in [2.24, 2.45) is 5.92 Å². The summed E-state index contributed by atoms with van der Waals surface area (Å²) in [6, 6.07) is 13.1. The number of hydrogen-bond donors (Lipinski definition) is 1. The molecule has 1 N–H and O–H groups in total. The van der Waals surface area contributed by atoms with E-state index in [1.807, 2.05) is 18.2 Å². The third-order valence-corrected chi connectivity index (χ3v) is 5.94. The van der Waals surface area contributed by atoms with E-state index in [-0.39, 0.29) is 23.1 Å². The number of Topliss-reactive ketones (excluding diaryl/α,β-unsaturated/α-hetero) is 1. The van der Waals surface area contributed by atoms with Crippen molar-refractivity contribution in [2.45, 2.75) is 19.4 Å². The number of nitrogens with zero attached hydrogens (tertiary/aromatic N) is 2. The number of benzene rings is 2. The number of aromatic nitrogens is 2. The predicted molar refractivity (Wildman–Crippen MR) is 113 cm³/mol. The fraction of sp³-hybridized carbons (Fsp3) is 0.318. The Balaban J connectivity index is 1.38. The summed E-state index contributed by atoms with van der Waals surface area (Å²) in [7, 11) is 0. The topological polar surface area (TPSA) is 58.1 Å². The van der Waals surface area contributed by atoms with Gasteiger partial charge in [-0.3, -0.25) is 14.2 Å². The summed E-state index contributed by atoms with van der Waals surface area (Å²) < 4.78 is 15.1. The van der Waals surface area contributed by atoms with Gasteiger partial charge in [0.25, 0.3) is 5.56 Å². The maximum absolute atomic E-state index is 13.1. The van der Waals surface area contributed by atoms with Crippen LogP contribution in [-0.4, -0.2) is 39.9 Å². The van der Waals surface area contributed by atoms with Crippen LogP contribution in [0.3, 0.4) is 0 Å². The molecule has 1 aliphatic rings. The number of ketones is 1. The summed E-state index contributed by atoms with van der Waals surface area (Å²) in [5, 5.41) is 0.629. The minimum Gasteiger partial charge on any atom is -0.332 e. The van der Waals surface area contributed by atoms with Gasteiger partial charge in [-0.05, 0) is 74.5 Å². The minimum absolute atomic E-state index is 0.0389. The van der Waals surface area contributed by atoms with E-state index in [9.17, 15) is 14.0 Å². The lowest BCUT2D eigenvalue weighted by molar-refractivity contribution is 0.0837. The summed E-state index contributed by atoms with van der Waals surface area (Å²) in [5.74, 6) is -0.292. The molecule has 1 fully saturated rings. The first-order chi connectivity index (χ1) is 14.0. The van der Waals surface area contributed by atoms with Gasteiger partial charge in [0.05, 0.1) is 10.9 Å². The second kappa shape index (κ2) is 8.39. The number of para-hydroxylation sites is 1. The van der Waals surface area contributed by atoms with Crippen LogP contribution in [0.5, 0.6) is 0 Å². The van der Waals surface area contributed by atoms with E-state index in [4.69, 9.17) is 12.2 Å². The lowest BCUT2D eigenvalue weighted by atomic mass is 9.89. The molecule has 150 valence electrons. The molecule has 0 saturated carbocycles. The monoisotopic (exact) mass is 410 g/mol. The van der Waals surface area contributed by atoms with Crippen molar-refractivity contribution < 1.29 is 9.18 Å². The molecule has 0 atom stereocenters. The van der Waals surface area contributed by atoms with Crippen LogP contribution >= 0.6 is 12.2 Å². The molecule has 3 aromatic rings. The minimum atomic E-state index is -0.335. The maximum Gasteiger partial charge on any atom is 0.262 e. The van der Waals surface area contributed by atoms with Crippen molar-refractivity contribution >= 4 is 28.9 Å². The number of likely N-dealkylation sites (tertiary alicyclic amines) is 1. The number of carbonyl (C=O) groups is 1. The van der Waals surface area contributed by atoms with Crippen molar-refractivity contribution in [1.82, 2.24) is 14.5 Å². The van der Waals surface area contributed by atoms with E-state index in [0.29, 0.717) is 28.8 Å². The number of piperidine rings is 1. The Morgan fingerprint density at radius 3 is 2.48 bits per heavy atom. The summed E-state index contributed by atoms with van der Waals surface area (Å²) in [6.07, 6.45) is 1.52. The van der Waals surface area contributed by atoms with Crippen LogP contribution in [0.4, 0.5) is 4.39 Å². The van der Waals surface area contributed by atoms with Crippen molar-refractivity contribution in [3.8, 4) is 0 Å². The van der Waals surface area contributed by atoms with Crippen LogP contribution in [-0.2, 0) is 6.54 Å². The second-order valence-electron chi connectivity index (χ2n) is 7.42. The Hall–Kier alpha value is -2.64. The van der Waals surface area contributed by atoms with Gasteiger partial charge in [-0.1, -0.05) is 12.1 Å². The molecule has 2 aromatic carbocycles. The van der Waals surface area contributed by atoms with E-state index in [2.05, 4.69) is 9.88 Å². The zero-order valence-electron chi connectivity index (χ0n) is 15.9. The van der Waals surface area contributed by atoms with E-state index in [0.717, 1.165) is 31.4 Å². The molecule has 2 heterocycles. The number of nitrogens with one attached hydrogen (secondary N) is 1. The van der Waals surface area contributed by atoms with Crippen LogP contribution < -0.4 is 5.56 Å². The van der Waals surface area contributed by atoms with Gasteiger partial charge in [0, 0.05) is 24.6 Å². The van der Waals surface area contributed by atoms with E-state index in [1.165, 1.54) is 12.1 Å². The molecule has 1 aromatic heterocycles. The lowest BCUT2D eigenvalue weighted by Gasteiger charge is -2.31. The third kappa shape index (κ3) is 4.21. The highest BCUT2D eigenvalue weighted by atomic mass is 32.1. The average Bonchev–Trinajstić information content (AvgIpc) is 2.74. The summed E-state index contributed by atoms with van der Waals surface area (Å²) >= 11 is 5.37. The van der Waals surface area contributed by atoms with Gasteiger partial charge in [-0.25, -0.2) is 4.39 Å². The van der Waals surface area contributed by atoms with Crippen molar-refractivity contribution in [1.29, 1.82) is 0 Å². The number of H-pyrrole nitrogens is 1. The molecule has 0 amide bonds. The highest BCUT2D eigenvalue weighted by molar-refractivity contribution is 7.71. The summed E-state index contributed by atoms with van der Waals surface area (Å²) in [4.78, 5) is 30.7. The molecular weight excluding hydrogens is 388 g/mol. The molecule has 29 heavy (non-hydrogen) atoms. The first-order valence-corrected chi connectivity index (χ1v) is 10.2. The molecule has 5 nitrogen and oxygen atoms in total. The second-order valence-corrected chi connectivity index (χ2v) is 7.81. The normalized spacial score (nSPS) is 15.6. The molecule has 4 rings (SSSR count). The largest absolute Gasteiger partial charge is 0.332 e. The molecule has 0 spiro atoms. The molecular formula is C22H22FN3O2S. The Morgan fingerprint density at radius 1 is 1.07 bits per heavy atom. The summed E-state index contributed by atoms with van der Waals surface area (Å²) in [6.45, 7) is 2.79. The molecule has 0 unspecified atom stereocenters. The fourth-order valence-corrected chi connectivity index (χ4v) is 4.20. The molecule has 1 aliphatic heterocycles. The number of hydrogen-bond acceptors (Lipinski definition) is 4. The SMILES string of the molecule is O=C(c1ccc([18F])cc1)C1CCN(CCn2c(=S)[nH]c3ccccc3c2=O)CC1. The maximum atomic E-state index is 13.1. The first-order valence-electron chi connectivity index (χ1n) is 9.77. The van der Waals surface area contributed by atoms with Gasteiger partial charge in [0.1, 0.15) is 5.82 Å². The zero-order valence-corrected chi connectivity index (χ0v) is 16.8. The Morgan fingerprint density at radius 2 is 1.76 bits per heavy atom. The standard InChI is InChI=1S/C22H22FN3O2S/c23-17-7-5-15(6-8-17)20(27)16-9-11-25(12-10-16)13-14-26-21(28)18-3-1-2-4-19(18)24-22(26)29/h1-8,16H,9-14H2,(H,24,29)/i23-1. The molecule has 0 radical (unpaired) electrons. The third-order valence-electron chi connectivity index (χ3n) is 5.62. The first kappa shape index (κ1) is 19.7. The Bertz CT molecular complexity index is 1150. The average molecular weight is 411 g/mol. The summed E-state index contributed by atoms with van der Waals surface area (Å²) in [5.41, 5.74) is 1.24. The van der Waals surface area contributed by atoms with E-state index >= 15 is 0 Å². The quantitative estimate of drug-likeness (QED) is 0.514.